The van der Waals surface area contributed by atoms with E-state index in [0.29, 0.717) is 10.9 Å². The van der Waals surface area contributed by atoms with Crippen molar-refractivity contribution < 1.29 is 37.0 Å². The van der Waals surface area contributed by atoms with Gasteiger partial charge in [0.05, 0.1) is 11.9 Å². The van der Waals surface area contributed by atoms with Gasteiger partial charge in [-0.1, -0.05) is 36.4 Å². The van der Waals surface area contributed by atoms with Crippen LogP contribution in [-0.2, 0) is 20.9 Å². The zero-order valence-electron chi connectivity index (χ0n) is 17.1. The highest BCUT2D eigenvalue weighted by Gasteiger charge is 2.32. The number of esters is 1. The van der Waals surface area contributed by atoms with Gasteiger partial charge < -0.3 is 20.1 Å². The molecule has 3 N–H and O–H groups in total. The zero-order valence-corrected chi connectivity index (χ0v) is 17.1. The maximum atomic E-state index is 12.4. The number of aromatic nitrogens is 2. The van der Waals surface area contributed by atoms with E-state index in [2.05, 4.69) is 25.6 Å². The first-order chi connectivity index (χ1) is 15.7. The highest BCUT2D eigenvalue weighted by molar-refractivity contribution is 6.04. The summed E-state index contributed by atoms with van der Waals surface area (Å²) >= 11 is 0. The molecule has 0 fully saturated rings. The van der Waals surface area contributed by atoms with Crippen LogP contribution in [0.2, 0.25) is 0 Å². The van der Waals surface area contributed by atoms with E-state index in [1.54, 1.807) is 24.3 Å². The fourth-order valence-corrected chi connectivity index (χ4v) is 2.84. The number of amides is 2. The number of carbonyl (C=O) groups is 3. The summed E-state index contributed by atoms with van der Waals surface area (Å²) in [4.78, 5) is 35.9. The predicted molar refractivity (Wildman–Crippen MR) is 109 cm³/mol. The standard InChI is InChI=1S/C21H19F3N4O5/c22-21(23,24)33-16-8-4-1-5-13(16)11-26-17(29)12-32-18(30)9-10-25-20(31)19-14-6-2-3-7-15(14)27-28-19/h1-8H,9-12H2,(H,25,31)(H,26,29)(H,27,28). The highest BCUT2D eigenvalue weighted by Crippen LogP contribution is 2.26. The highest BCUT2D eigenvalue weighted by atomic mass is 19.4. The number of aromatic amines is 1. The second-order valence-electron chi connectivity index (χ2n) is 6.72. The second kappa shape index (κ2) is 10.5. The minimum absolute atomic E-state index is 0.0391. The van der Waals surface area contributed by atoms with E-state index in [0.717, 1.165) is 6.07 Å². The molecule has 0 saturated heterocycles. The van der Waals surface area contributed by atoms with Crippen LogP contribution in [0.5, 0.6) is 5.75 Å². The van der Waals surface area contributed by atoms with Crippen LogP contribution in [0.15, 0.2) is 48.5 Å². The molecule has 1 aromatic heterocycles. The summed E-state index contributed by atoms with van der Waals surface area (Å²) in [6.45, 7) is -0.919. The van der Waals surface area contributed by atoms with Crippen LogP contribution in [0, 0.1) is 0 Å². The van der Waals surface area contributed by atoms with Gasteiger partial charge in [-0.2, -0.15) is 5.10 Å². The number of nitrogens with zero attached hydrogens (tertiary/aromatic N) is 1. The van der Waals surface area contributed by atoms with Crippen molar-refractivity contribution in [2.75, 3.05) is 13.2 Å². The number of fused-ring (bicyclic) bond motifs is 1. The van der Waals surface area contributed by atoms with Crippen molar-refractivity contribution in [3.8, 4) is 5.75 Å². The molecule has 0 aliphatic rings. The van der Waals surface area contributed by atoms with Crippen LogP contribution >= 0.6 is 0 Å². The Morgan fingerprint density at radius 1 is 1.00 bits per heavy atom. The largest absolute Gasteiger partial charge is 0.573 e. The number of nitrogens with one attached hydrogen (secondary N) is 3. The third-order valence-electron chi connectivity index (χ3n) is 4.34. The van der Waals surface area contributed by atoms with Gasteiger partial charge in [0.2, 0.25) is 0 Å². The summed E-state index contributed by atoms with van der Waals surface area (Å²) in [5, 5.41) is 12.2. The summed E-state index contributed by atoms with van der Waals surface area (Å²) in [6.07, 6.45) is -5.06. The number of H-pyrrole nitrogens is 1. The minimum atomic E-state index is -4.87. The molecule has 0 spiro atoms. The molecule has 174 valence electrons. The summed E-state index contributed by atoms with van der Waals surface area (Å²) in [5.41, 5.74) is 0.983. The molecule has 9 nitrogen and oxygen atoms in total. The van der Waals surface area contributed by atoms with Gasteiger partial charge in [-0.3, -0.25) is 19.5 Å². The summed E-state index contributed by atoms with van der Waals surface area (Å²) < 4.78 is 46.0. The number of hydrogen-bond donors (Lipinski definition) is 3. The fourth-order valence-electron chi connectivity index (χ4n) is 2.84. The van der Waals surface area contributed by atoms with Crippen LogP contribution in [0.4, 0.5) is 13.2 Å². The summed E-state index contributed by atoms with van der Waals surface area (Å²) in [6, 6.07) is 12.4. The predicted octanol–water partition coefficient (Wildman–Crippen LogP) is 2.44. The number of para-hydroxylation sites is 2. The summed E-state index contributed by atoms with van der Waals surface area (Å²) in [7, 11) is 0. The normalized spacial score (nSPS) is 11.1. The van der Waals surface area contributed by atoms with E-state index < -0.39 is 36.5 Å². The smallest absolute Gasteiger partial charge is 0.456 e. The Morgan fingerprint density at radius 3 is 2.52 bits per heavy atom. The number of hydrogen-bond acceptors (Lipinski definition) is 6. The Labute approximate surface area is 185 Å². The van der Waals surface area contributed by atoms with Crippen LogP contribution in [0.3, 0.4) is 0 Å². The van der Waals surface area contributed by atoms with Crippen molar-refractivity contribution >= 4 is 28.7 Å². The van der Waals surface area contributed by atoms with Gasteiger partial charge in [-0.05, 0) is 12.1 Å². The maximum Gasteiger partial charge on any atom is 0.573 e. The Morgan fingerprint density at radius 2 is 1.73 bits per heavy atom. The Bertz CT molecular complexity index is 1150. The van der Waals surface area contributed by atoms with Crippen molar-refractivity contribution in [3.05, 3.63) is 59.8 Å². The van der Waals surface area contributed by atoms with Crippen molar-refractivity contribution in [2.45, 2.75) is 19.3 Å². The van der Waals surface area contributed by atoms with Crippen LogP contribution in [-0.4, -0.2) is 47.5 Å². The lowest BCUT2D eigenvalue weighted by Gasteiger charge is -2.13. The van der Waals surface area contributed by atoms with Gasteiger partial charge in [0.1, 0.15) is 5.75 Å². The van der Waals surface area contributed by atoms with Gasteiger partial charge >= 0.3 is 12.3 Å². The first-order valence-corrected chi connectivity index (χ1v) is 9.70. The monoisotopic (exact) mass is 464 g/mol. The van der Waals surface area contributed by atoms with Gasteiger partial charge in [-0.25, -0.2) is 0 Å². The van der Waals surface area contributed by atoms with Gasteiger partial charge in [-0.15, -0.1) is 13.2 Å². The van der Waals surface area contributed by atoms with Crippen LogP contribution in [0.25, 0.3) is 10.9 Å². The van der Waals surface area contributed by atoms with Crippen molar-refractivity contribution in [1.29, 1.82) is 0 Å². The molecule has 0 aliphatic carbocycles. The van der Waals surface area contributed by atoms with Crippen molar-refractivity contribution in [1.82, 2.24) is 20.8 Å². The average molecular weight is 464 g/mol. The molecule has 1 heterocycles. The van der Waals surface area contributed by atoms with Gasteiger partial charge in [0, 0.05) is 24.0 Å². The molecule has 33 heavy (non-hydrogen) atoms. The van der Waals surface area contributed by atoms with E-state index >= 15 is 0 Å². The lowest BCUT2D eigenvalue weighted by atomic mass is 10.2. The lowest BCUT2D eigenvalue weighted by molar-refractivity contribution is -0.274. The van der Waals surface area contributed by atoms with Crippen LogP contribution in [0.1, 0.15) is 22.5 Å². The van der Waals surface area contributed by atoms with Gasteiger partial charge in [0.15, 0.2) is 12.3 Å². The number of carbonyl (C=O) groups excluding carboxylic acids is 3. The lowest BCUT2D eigenvalue weighted by Crippen LogP contribution is -2.30. The van der Waals surface area contributed by atoms with E-state index in [9.17, 15) is 27.6 Å². The molecular weight excluding hydrogens is 445 g/mol. The number of benzene rings is 2. The third-order valence-corrected chi connectivity index (χ3v) is 4.34. The molecule has 0 atom stereocenters. The Balaban J connectivity index is 1.38. The average Bonchev–Trinajstić information content (AvgIpc) is 3.20. The van der Waals surface area contributed by atoms with Gasteiger partial charge in [0.25, 0.3) is 11.8 Å². The molecule has 2 aromatic carbocycles. The molecule has 0 saturated carbocycles. The Kier molecular flexibility index (Phi) is 7.49. The van der Waals surface area contributed by atoms with Crippen molar-refractivity contribution in [2.24, 2.45) is 0 Å². The first-order valence-electron chi connectivity index (χ1n) is 9.70. The number of ether oxygens (including phenoxy) is 2. The zero-order chi connectivity index (χ0) is 23.8. The minimum Gasteiger partial charge on any atom is -0.456 e. The molecule has 12 heteroatoms. The molecule has 0 aliphatic heterocycles. The summed E-state index contributed by atoms with van der Waals surface area (Å²) in [5.74, 6) is -2.37. The molecule has 0 bridgehead atoms. The van der Waals surface area contributed by atoms with E-state index in [4.69, 9.17) is 4.74 Å². The second-order valence-corrected chi connectivity index (χ2v) is 6.72. The van der Waals surface area contributed by atoms with E-state index in [-0.39, 0.29) is 30.8 Å². The maximum absolute atomic E-state index is 12.4. The van der Waals surface area contributed by atoms with Crippen LogP contribution < -0.4 is 15.4 Å². The quantitative estimate of drug-likeness (QED) is 0.418. The first kappa shape index (κ1) is 23.6. The molecule has 0 unspecified atom stereocenters. The van der Waals surface area contributed by atoms with Crippen molar-refractivity contribution in [3.63, 3.8) is 0 Å². The van der Waals surface area contributed by atoms with E-state index in [1.807, 2.05) is 0 Å². The molecular formula is C21H19F3N4O5. The molecule has 0 radical (unpaired) electrons. The molecule has 2 amide bonds. The van der Waals surface area contributed by atoms with E-state index in [1.165, 1.54) is 18.2 Å². The third kappa shape index (κ3) is 6.95. The topological polar surface area (TPSA) is 122 Å². The number of rotatable bonds is 9. The Hall–Kier alpha value is -4.09. The number of halogens is 3. The molecule has 3 aromatic rings. The SMILES string of the molecule is O=C(COC(=O)CCNC(=O)c1n[nH]c2ccccc12)NCc1ccccc1OC(F)(F)F. The number of alkyl halides is 3. The fraction of sp³-hybridized carbons (Fsp3) is 0.238. The molecule has 3 rings (SSSR count).